The molecule has 9 heteroatoms. The number of aryl methyl sites for hydroxylation is 2. The second kappa shape index (κ2) is 6.75. The fourth-order valence-corrected chi connectivity index (χ4v) is 5.80. The molecule has 28 heavy (non-hydrogen) atoms. The summed E-state index contributed by atoms with van der Waals surface area (Å²) >= 11 is 3.20. The molecule has 1 aliphatic carbocycles. The summed E-state index contributed by atoms with van der Waals surface area (Å²) < 4.78 is 0. The summed E-state index contributed by atoms with van der Waals surface area (Å²) in [6.45, 7) is 1.87. The van der Waals surface area contributed by atoms with E-state index in [1.54, 1.807) is 35.9 Å². The topological polar surface area (TPSA) is 104 Å². The molecule has 5 rings (SSSR count). The molecule has 1 aromatic carbocycles. The Kier molecular flexibility index (Phi) is 4.21. The van der Waals surface area contributed by atoms with Crippen molar-refractivity contribution in [2.24, 2.45) is 0 Å². The van der Waals surface area contributed by atoms with E-state index in [1.807, 2.05) is 6.92 Å². The first-order chi connectivity index (χ1) is 13.6. The molecule has 0 saturated carbocycles. The van der Waals surface area contributed by atoms with Crippen molar-refractivity contribution in [2.45, 2.75) is 36.5 Å². The minimum Gasteiger partial charge on any atom is -0.325 e. The number of carbonyl (C=O) groups excluding carboxylic acids is 1. The van der Waals surface area contributed by atoms with Gasteiger partial charge in [-0.3, -0.25) is 4.79 Å². The van der Waals surface area contributed by atoms with Crippen LogP contribution in [-0.2, 0) is 17.6 Å². The van der Waals surface area contributed by atoms with Crippen molar-refractivity contribution in [1.29, 1.82) is 0 Å². The van der Waals surface area contributed by atoms with Crippen LogP contribution >= 0.6 is 23.1 Å². The van der Waals surface area contributed by atoms with E-state index in [1.165, 1.54) is 28.6 Å². The van der Waals surface area contributed by atoms with Gasteiger partial charge in [0.15, 0.2) is 0 Å². The minimum absolute atomic E-state index is 0.110. The summed E-state index contributed by atoms with van der Waals surface area (Å²) in [5.74, 6) is -0.110. The Hall–Kier alpha value is -2.65. The molecular formula is C19H17N5O2S2. The van der Waals surface area contributed by atoms with Gasteiger partial charge in [0.25, 0.3) is 0 Å². The second-order valence-corrected chi connectivity index (χ2v) is 9.22. The largest absolute Gasteiger partial charge is 0.325 e. The van der Waals surface area contributed by atoms with Crippen LogP contribution in [0, 0.1) is 0 Å². The summed E-state index contributed by atoms with van der Waals surface area (Å²) in [6.07, 6.45) is 4.93. The van der Waals surface area contributed by atoms with E-state index >= 15 is 0 Å². The number of amides is 1. The molecule has 3 heterocycles. The molecule has 0 spiro atoms. The third-order valence-corrected chi connectivity index (χ3v) is 7.21. The summed E-state index contributed by atoms with van der Waals surface area (Å²) in [6, 6.07) is 5.29. The van der Waals surface area contributed by atoms with Crippen molar-refractivity contribution in [2.75, 3.05) is 5.32 Å². The maximum absolute atomic E-state index is 12.7. The molecule has 1 aliphatic rings. The summed E-state index contributed by atoms with van der Waals surface area (Å²) in [5.41, 5.74) is 3.11. The number of fused-ring (bicyclic) bond motifs is 4. The molecule has 3 N–H and O–H groups in total. The molecular weight excluding hydrogens is 394 g/mol. The van der Waals surface area contributed by atoms with E-state index in [9.17, 15) is 9.59 Å². The Morgan fingerprint density at radius 2 is 2.11 bits per heavy atom. The predicted octanol–water partition coefficient (Wildman–Crippen LogP) is 3.47. The average Bonchev–Trinajstić information content (AvgIpc) is 3.34. The van der Waals surface area contributed by atoms with Gasteiger partial charge in [-0.2, -0.15) is 0 Å². The number of imidazole rings is 1. The minimum atomic E-state index is -0.323. The number of hydrogen-bond donors (Lipinski definition) is 3. The number of anilines is 1. The lowest BCUT2D eigenvalue weighted by atomic mass is 10.2. The van der Waals surface area contributed by atoms with E-state index in [-0.39, 0.29) is 16.8 Å². The highest BCUT2D eigenvalue weighted by molar-refractivity contribution is 8.00. The van der Waals surface area contributed by atoms with Crippen LogP contribution in [0.3, 0.4) is 0 Å². The van der Waals surface area contributed by atoms with Gasteiger partial charge in [0.05, 0.1) is 16.3 Å². The lowest BCUT2D eigenvalue weighted by Gasteiger charge is -2.12. The first-order valence-corrected chi connectivity index (χ1v) is 10.7. The fraction of sp³-hybridized carbons (Fsp3) is 0.263. The molecule has 0 unspecified atom stereocenters. The molecule has 0 saturated heterocycles. The van der Waals surface area contributed by atoms with Crippen molar-refractivity contribution in [3.05, 3.63) is 45.5 Å². The van der Waals surface area contributed by atoms with E-state index in [0.717, 1.165) is 28.1 Å². The van der Waals surface area contributed by atoms with Gasteiger partial charge in [-0.05, 0) is 49.9 Å². The zero-order valence-electron chi connectivity index (χ0n) is 15.0. The van der Waals surface area contributed by atoms with E-state index < -0.39 is 0 Å². The molecule has 1 atom stereocenters. The third-order valence-electron chi connectivity index (χ3n) is 4.91. The zero-order chi connectivity index (χ0) is 19.3. The summed E-state index contributed by atoms with van der Waals surface area (Å²) in [5, 5.41) is 4.59. The van der Waals surface area contributed by atoms with Crippen molar-refractivity contribution < 1.29 is 4.79 Å². The SMILES string of the molecule is C[C@@H](Sc1ncnc2sc3c(c12)CCC3)C(=O)Nc1ccc2[nH]c(=O)[nH]c2c1. The van der Waals surface area contributed by atoms with Crippen LogP contribution in [0.4, 0.5) is 5.69 Å². The first kappa shape index (κ1) is 17.4. The van der Waals surface area contributed by atoms with E-state index in [0.29, 0.717) is 16.7 Å². The average molecular weight is 412 g/mol. The highest BCUT2D eigenvalue weighted by Crippen LogP contribution is 2.40. The third kappa shape index (κ3) is 3.00. The normalized spacial score (nSPS) is 14.5. The van der Waals surface area contributed by atoms with Crippen LogP contribution in [0.25, 0.3) is 21.3 Å². The Morgan fingerprint density at radius 1 is 1.25 bits per heavy atom. The molecule has 7 nitrogen and oxygen atoms in total. The number of aromatic amines is 2. The van der Waals surface area contributed by atoms with Gasteiger partial charge in [-0.15, -0.1) is 11.3 Å². The summed E-state index contributed by atoms with van der Waals surface area (Å²) in [4.78, 5) is 40.8. The predicted molar refractivity (Wildman–Crippen MR) is 112 cm³/mol. The number of rotatable bonds is 4. The number of carbonyl (C=O) groups is 1. The van der Waals surface area contributed by atoms with Gasteiger partial charge < -0.3 is 15.3 Å². The maximum Gasteiger partial charge on any atom is 0.323 e. The Balaban J connectivity index is 1.37. The van der Waals surface area contributed by atoms with Crippen LogP contribution in [-0.4, -0.2) is 31.1 Å². The Labute approximate surface area is 168 Å². The monoisotopic (exact) mass is 411 g/mol. The molecule has 0 fully saturated rings. The van der Waals surface area contributed by atoms with Gasteiger partial charge in [-0.1, -0.05) is 11.8 Å². The van der Waals surface area contributed by atoms with E-state index in [2.05, 4.69) is 25.3 Å². The number of benzene rings is 1. The second-order valence-electron chi connectivity index (χ2n) is 6.81. The van der Waals surface area contributed by atoms with Crippen LogP contribution in [0.15, 0.2) is 34.3 Å². The molecule has 3 aromatic heterocycles. The number of thiophene rings is 1. The molecule has 142 valence electrons. The van der Waals surface area contributed by atoms with Gasteiger partial charge in [0.2, 0.25) is 5.91 Å². The van der Waals surface area contributed by atoms with Crippen molar-refractivity contribution in [3.8, 4) is 0 Å². The smallest absolute Gasteiger partial charge is 0.323 e. The highest BCUT2D eigenvalue weighted by atomic mass is 32.2. The zero-order valence-corrected chi connectivity index (χ0v) is 16.7. The molecule has 4 aromatic rings. The number of nitrogens with one attached hydrogen (secondary N) is 3. The number of thioether (sulfide) groups is 1. The number of hydrogen-bond acceptors (Lipinski definition) is 6. The molecule has 0 radical (unpaired) electrons. The lowest BCUT2D eigenvalue weighted by Crippen LogP contribution is -2.22. The Morgan fingerprint density at radius 3 is 3.00 bits per heavy atom. The van der Waals surface area contributed by atoms with Gasteiger partial charge in [0, 0.05) is 16.0 Å². The fourth-order valence-electron chi connectivity index (χ4n) is 3.56. The molecule has 0 bridgehead atoms. The first-order valence-electron chi connectivity index (χ1n) is 9.03. The van der Waals surface area contributed by atoms with Gasteiger partial charge >= 0.3 is 5.69 Å². The van der Waals surface area contributed by atoms with Crippen LogP contribution in [0.1, 0.15) is 23.8 Å². The maximum atomic E-state index is 12.7. The van der Waals surface area contributed by atoms with Crippen LogP contribution < -0.4 is 11.0 Å². The lowest BCUT2D eigenvalue weighted by molar-refractivity contribution is -0.115. The van der Waals surface area contributed by atoms with Crippen LogP contribution in [0.5, 0.6) is 0 Å². The van der Waals surface area contributed by atoms with E-state index in [4.69, 9.17) is 0 Å². The van der Waals surface area contributed by atoms with Gasteiger partial charge in [-0.25, -0.2) is 14.8 Å². The van der Waals surface area contributed by atoms with Gasteiger partial charge in [0.1, 0.15) is 16.2 Å². The Bertz CT molecular complexity index is 1270. The quantitative estimate of drug-likeness (QED) is 0.352. The van der Waals surface area contributed by atoms with Crippen molar-refractivity contribution in [1.82, 2.24) is 19.9 Å². The van der Waals surface area contributed by atoms with Crippen molar-refractivity contribution >= 4 is 55.9 Å². The van der Waals surface area contributed by atoms with Crippen LogP contribution in [0.2, 0.25) is 0 Å². The summed E-state index contributed by atoms with van der Waals surface area (Å²) in [7, 11) is 0. The standard InChI is InChI=1S/C19H17N5O2S2/c1-9(16(25)22-10-5-6-12-13(7-10)24-19(26)23-12)27-17-15-11-3-2-4-14(11)28-18(15)21-8-20-17/h5-9H,2-4H2,1H3,(H,22,25)(H2,23,24,26)/t9-/m1/s1. The number of H-pyrrole nitrogens is 2. The highest BCUT2D eigenvalue weighted by Gasteiger charge is 2.24. The number of nitrogens with zero attached hydrogens (tertiary/aromatic N) is 2. The van der Waals surface area contributed by atoms with Crippen molar-refractivity contribution in [3.63, 3.8) is 0 Å². The molecule has 1 amide bonds. The number of aromatic nitrogens is 4. The molecule has 0 aliphatic heterocycles.